The first-order valence-electron chi connectivity index (χ1n) is 8.92. The third-order valence-corrected chi connectivity index (χ3v) is 7.88. The van der Waals surface area contributed by atoms with Crippen LogP contribution in [-0.2, 0) is 11.0 Å². The maximum absolute atomic E-state index is 12.4. The lowest BCUT2D eigenvalue weighted by Crippen LogP contribution is -2.24. The summed E-state index contributed by atoms with van der Waals surface area (Å²) in [6, 6.07) is 29.4. The highest BCUT2D eigenvalue weighted by Crippen LogP contribution is 2.33. The first kappa shape index (κ1) is 19.7. The van der Waals surface area contributed by atoms with Crippen molar-refractivity contribution in [2.75, 3.05) is 0 Å². The Hall–Kier alpha value is -2.09. The van der Waals surface area contributed by atoms with Crippen molar-refractivity contribution in [3.05, 3.63) is 90.5 Å². The van der Waals surface area contributed by atoms with E-state index in [9.17, 15) is 4.21 Å². The van der Waals surface area contributed by atoms with Crippen molar-refractivity contribution in [1.29, 1.82) is 0 Å². The van der Waals surface area contributed by atoms with Crippen molar-refractivity contribution < 1.29 is 4.21 Å². The molecule has 4 heteroatoms. The van der Waals surface area contributed by atoms with Crippen LogP contribution in [0.2, 0.25) is 0 Å². The fraction of sp³-hybridized carbons (Fsp3) is 0.174. The zero-order valence-corrected chi connectivity index (χ0v) is 17.6. The van der Waals surface area contributed by atoms with Crippen LogP contribution in [-0.4, -0.2) is 15.2 Å². The van der Waals surface area contributed by atoms with Gasteiger partial charge in [-0.1, -0.05) is 84.9 Å². The second-order valence-corrected chi connectivity index (χ2v) is 11.3. The molecule has 0 unspecified atom stereocenters. The van der Waals surface area contributed by atoms with Gasteiger partial charge in [-0.15, -0.1) is 0 Å². The summed E-state index contributed by atoms with van der Waals surface area (Å²) in [5, 5.41) is 3.80. The maximum atomic E-state index is 12.4. The van der Waals surface area contributed by atoms with Crippen molar-refractivity contribution >= 4 is 41.0 Å². The molecule has 0 amide bonds. The van der Waals surface area contributed by atoms with Gasteiger partial charge in [-0.2, -0.15) is 4.40 Å². The predicted molar refractivity (Wildman–Crippen MR) is 121 cm³/mol. The van der Waals surface area contributed by atoms with Gasteiger partial charge in [0.15, 0.2) is 0 Å². The van der Waals surface area contributed by atoms with Crippen LogP contribution in [0.1, 0.15) is 26.3 Å². The molecule has 27 heavy (non-hydrogen) atoms. The Kier molecular flexibility index (Phi) is 6.36. The normalized spacial score (nSPS) is 13.2. The first-order valence-corrected chi connectivity index (χ1v) is 11.4. The number of benzene rings is 3. The molecule has 0 aromatic heterocycles. The standard InChI is InChI=1S/C23H24NOPS/c1-23(2,3)27(25)24-18-19-12-10-11-17-22(19)26(20-13-6-4-7-14-20)21-15-8-5-9-16-21/h4-18H,1-3H3/b24-18+/t27-/m1/s1. The molecule has 0 heterocycles. The molecule has 3 aromatic rings. The largest absolute Gasteiger partial charge is 0.234 e. The van der Waals surface area contributed by atoms with Crippen LogP contribution in [0, 0.1) is 0 Å². The second kappa shape index (κ2) is 8.73. The molecule has 0 aliphatic heterocycles. The van der Waals surface area contributed by atoms with E-state index in [1.54, 1.807) is 6.21 Å². The van der Waals surface area contributed by atoms with Crippen LogP contribution in [0.5, 0.6) is 0 Å². The summed E-state index contributed by atoms with van der Waals surface area (Å²) < 4.78 is 16.4. The van der Waals surface area contributed by atoms with E-state index in [2.05, 4.69) is 71.1 Å². The molecule has 0 aliphatic carbocycles. The van der Waals surface area contributed by atoms with Crippen molar-refractivity contribution in [2.45, 2.75) is 25.5 Å². The second-order valence-electron chi connectivity index (χ2n) is 7.16. The average molecular weight is 393 g/mol. The van der Waals surface area contributed by atoms with E-state index in [-0.39, 0.29) is 4.75 Å². The number of rotatable bonds is 5. The molecular weight excluding hydrogens is 369 g/mol. The lowest BCUT2D eigenvalue weighted by molar-refractivity contribution is 0.651. The summed E-state index contributed by atoms with van der Waals surface area (Å²) in [5.41, 5.74) is 1.02. The third-order valence-electron chi connectivity index (χ3n) is 4.02. The monoisotopic (exact) mass is 393 g/mol. The van der Waals surface area contributed by atoms with E-state index in [4.69, 9.17) is 0 Å². The van der Waals surface area contributed by atoms with Gasteiger partial charge in [-0.25, -0.2) is 4.21 Å². The maximum Gasteiger partial charge on any atom is 0.144 e. The number of nitrogens with zero attached hydrogens (tertiary/aromatic N) is 1. The van der Waals surface area contributed by atoms with Gasteiger partial charge in [0.2, 0.25) is 0 Å². The molecule has 0 aliphatic rings. The summed E-state index contributed by atoms with van der Waals surface area (Å²) in [6.07, 6.45) is 1.78. The smallest absolute Gasteiger partial charge is 0.144 e. The molecule has 3 rings (SSSR count). The summed E-state index contributed by atoms with van der Waals surface area (Å²) in [7, 11) is -1.99. The zero-order valence-electron chi connectivity index (χ0n) is 15.9. The Morgan fingerprint density at radius 3 is 1.78 bits per heavy atom. The Labute approximate surface area is 165 Å². The Bertz CT molecular complexity index is 894. The van der Waals surface area contributed by atoms with Gasteiger partial charge in [0, 0.05) is 11.8 Å². The van der Waals surface area contributed by atoms with E-state index < -0.39 is 18.9 Å². The van der Waals surface area contributed by atoms with Crippen LogP contribution in [0.15, 0.2) is 89.3 Å². The van der Waals surface area contributed by atoms with Crippen LogP contribution >= 0.6 is 7.92 Å². The molecule has 0 radical (unpaired) electrons. The van der Waals surface area contributed by atoms with E-state index in [1.807, 2.05) is 39.0 Å². The number of hydrogen-bond donors (Lipinski definition) is 0. The van der Waals surface area contributed by atoms with Crippen LogP contribution in [0.4, 0.5) is 0 Å². The molecule has 0 saturated heterocycles. The van der Waals surface area contributed by atoms with Crippen molar-refractivity contribution in [1.82, 2.24) is 0 Å². The Morgan fingerprint density at radius 1 is 0.778 bits per heavy atom. The molecule has 138 valence electrons. The van der Waals surface area contributed by atoms with E-state index in [1.165, 1.54) is 15.9 Å². The fourth-order valence-electron chi connectivity index (χ4n) is 2.64. The van der Waals surface area contributed by atoms with Gasteiger partial charge < -0.3 is 0 Å². The van der Waals surface area contributed by atoms with E-state index >= 15 is 0 Å². The first-order chi connectivity index (χ1) is 13.0. The summed E-state index contributed by atoms with van der Waals surface area (Å²) in [5.74, 6) is 0. The highest BCUT2D eigenvalue weighted by molar-refractivity contribution is 7.85. The average Bonchev–Trinajstić information content (AvgIpc) is 2.68. The Morgan fingerprint density at radius 2 is 1.26 bits per heavy atom. The quantitative estimate of drug-likeness (QED) is 0.469. The molecule has 2 nitrogen and oxygen atoms in total. The van der Waals surface area contributed by atoms with Gasteiger partial charge in [-0.05, 0) is 44.6 Å². The zero-order chi connectivity index (χ0) is 19.3. The molecule has 0 fully saturated rings. The number of hydrogen-bond acceptors (Lipinski definition) is 1. The lowest BCUT2D eigenvalue weighted by atomic mass is 10.2. The third kappa shape index (κ3) is 5.00. The predicted octanol–water partition coefficient (Wildman–Crippen LogP) is 4.33. The van der Waals surface area contributed by atoms with Gasteiger partial charge in [0.05, 0.1) is 4.75 Å². The summed E-state index contributed by atoms with van der Waals surface area (Å²) in [4.78, 5) is 0. The van der Waals surface area contributed by atoms with E-state index in [0.717, 1.165) is 5.56 Å². The minimum atomic E-state index is -1.27. The molecular formula is C23H24NOPS. The van der Waals surface area contributed by atoms with Crippen molar-refractivity contribution in [2.24, 2.45) is 4.40 Å². The van der Waals surface area contributed by atoms with E-state index in [0.29, 0.717) is 0 Å². The summed E-state index contributed by atoms with van der Waals surface area (Å²) in [6.45, 7) is 5.81. The van der Waals surface area contributed by atoms with Crippen molar-refractivity contribution in [3.8, 4) is 0 Å². The molecule has 0 spiro atoms. The van der Waals surface area contributed by atoms with Crippen LogP contribution in [0.25, 0.3) is 0 Å². The van der Waals surface area contributed by atoms with Gasteiger partial charge in [0.25, 0.3) is 0 Å². The fourth-order valence-corrected chi connectivity index (χ4v) is 5.59. The highest BCUT2D eigenvalue weighted by atomic mass is 32.2. The van der Waals surface area contributed by atoms with Crippen molar-refractivity contribution in [3.63, 3.8) is 0 Å². The Balaban J connectivity index is 2.09. The molecule has 0 bridgehead atoms. The SMILES string of the molecule is CC(C)(C)[S@@](=O)/N=C/c1ccccc1P(c1ccccc1)c1ccccc1. The topological polar surface area (TPSA) is 29.4 Å². The molecule has 3 aromatic carbocycles. The lowest BCUT2D eigenvalue weighted by Gasteiger charge is -2.21. The van der Waals surface area contributed by atoms with Crippen LogP contribution < -0.4 is 15.9 Å². The minimum Gasteiger partial charge on any atom is -0.234 e. The van der Waals surface area contributed by atoms with Gasteiger partial charge >= 0.3 is 0 Å². The van der Waals surface area contributed by atoms with Gasteiger partial charge in [-0.3, -0.25) is 0 Å². The highest BCUT2D eigenvalue weighted by Gasteiger charge is 2.20. The summed E-state index contributed by atoms with van der Waals surface area (Å²) >= 11 is 0. The van der Waals surface area contributed by atoms with Crippen LogP contribution in [0.3, 0.4) is 0 Å². The molecule has 1 atom stereocenters. The molecule has 0 N–H and O–H groups in total. The minimum absolute atomic E-state index is 0.366. The van der Waals surface area contributed by atoms with Gasteiger partial charge in [0.1, 0.15) is 11.0 Å². The molecule has 0 saturated carbocycles.